The van der Waals surface area contributed by atoms with Crippen molar-refractivity contribution in [3.8, 4) is 5.75 Å². The van der Waals surface area contributed by atoms with Gasteiger partial charge in [-0.1, -0.05) is 38.8 Å². The number of nitrogens with one attached hydrogen (secondary N) is 1. The number of methoxy groups -OCH3 is 1. The normalized spacial score (nSPS) is 22.9. The van der Waals surface area contributed by atoms with Crippen LogP contribution in [0.1, 0.15) is 56.8 Å². The molecule has 1 aliphatic heterocycles. The predicted molar refractivity (Wildman–Crippen MR) is 143 cm³/mol. The van der Waals surface area contributed by atoms with Crippen LogP contribution < -0.4 is 10.1 Å². The van der Waals surface area contributed by atoms with Gasteiger partial charge in [0, 0.05) is 57.9 Å². The second-order valence-electron chi connectivity index (χ2n) is 11.2. The van der Waals surface area contributed by atoms with Crippen LogP contribution in [0.25, 0.3) is 0 Å². The van der Waals surface area contributed by atoms with Gasteiger partial charge in [0.2, 0.25) is 0 Å². The highest BCUT2D eigenvalue weighted by molar-refractivity contribution is 5.94. The third-order valence-corrected chi connectivity index (χ3v) is 8.73. The van der Waals surface area contributed by atoms with Gasteiger partial charge in [0.05, 0.1) is 7.11 Å². The minimum absolute atomic E-state index is 0.0464. The molecule has 3 aliphatic carbocycles. The summed E-state index contributed by atoms with van der Waals surface area (Å²) in [6.45, 7) is 13.0. The highest BCUT2D eigenvalue weighted by atomic mass is 16.5. The number of unbranched alkanes of at least 4 members (excludes halogenated alkanes) is 1. The maximum Gasteiger partial charge on any atom is 0.317 e. The fourth-order valence-corrected chi connectivity index (χ4v) is 5.97. The summed E-state index contributed by atoms with van der Waals surface area (Å²) in [5.41, 5.74) is 2.47. The standard InChI is InChI=1S/C29H44N4O3/c1-5-6-13-30-28(35)32-17-14-31(15-18-32)16-19-33(27(34)22-8-11-25(36-4)12-9-22)21-23-7-10-24-20-26(23)29(24,2)3/h7-9,11-12,24,26H,5-6,10,13-21H2,1-4H3,(H,30,35). The van der Waals surface area contributed by atoms with E-state index in [0.717, 1.165) is 70.2 Å². The largest absolute Gasteiger partial charge is 0.497 e. The number of fused-ring (bicyclic) bond motifs is 1. The number of urea groups is 1. The van der Waals surface area contributed by atoms with E-state index in [9.17, 15) is 9.59 Å². The summed E-state index contributed by atoms with van der Waals surface area (Å²) >= 11 is 0. The molecular weight excluding hydrogens is 452 g/mol. The maximum atomic E-state index is 13.6. The topological polar surface area (TPSA) is 65.1 Å². The molecule has 1 N–H and O–H groups in total. The first-order valence-corrected chi connectivity index (χ1v) is 13.7. The minimum atomic E-state index is 0.0464. The molecule has 1 saturated heterocycles. The summed E-state index contributed by atoms with van der Waals surface area (Å²) in [6, 6.07) is 7.49. The third kappa shape index (κ3) is 5.88. The van der Waals surface area contributed by atoms with Crippen LogP contribution >= 0.6 is 0 Å². The summed E-state index contributed by atoms with van der Waals surface area (Å²) < 4.78 is 5.28. The molecule has 7 heteroatoms. The van der Waals surface area contributed by atoms with Gasteiger partial charge in [0.1, 0.15) is 5.75 Å². The van der Waals surface area contributed by atoms with Crippen molar-refractivity contribution >= 4 is 11.9 Å². The number of hydrogen-bond donors (Lipinski definition) is 1. The molecular formula is C29H44N4O3. The van der Waals surface area contributed by atoms with Gasteiger partial charge in [-0.3, -0.25) is 9.69 Å². The van der Waals surface area contributed by atoms with E-state index in [2.05, 4.69) is 37.1 Å². The summed E-state index contributed by atoms with van der Waals surface area (Å²) in [7, 11) is 1.64. The van der Waals surface area contributed by atoms with Crippen molar-refractivity contribution in [2.45, 2.75) is 46.5 Å². The van der Waals surface area contributed by atoms with Crippen molar-refractivity contribution in [3.05, 3.63) is 41.5 Å². The zero-order chi connectivity index (χ0) is 25.7. The molecule has 1 heterocycles. The third-order valence-electron chi connectivity index (χ3n) is 8.73. The molecule has 36 heavy (non-hydrogen) atoms. The number of rotatable bonds is 10. The van der Waals surface area contributed by atoms with E-state index < -0.39 is 0 Å². The van der Waals surface area contributed by atoms with Crippen molar-refractivity contribution in [1.82, 2.24) is 20.0 Å². The van der Waals surface area contributed by atoms with E-state index in [1.807, 2.05) is 34.1 Å². The molecule has 0 radical (unpaired) electrons. The number of hydrogen-bond acceptors (Lipinski definition) is 4. The first kappa shape index (κ1) is 26.5. The number of carbonyl (C=O) groups excluding carboxylic acids is 2. The minimum Gasteiger partial charge on any atom is -0.497 e. The zero-order valence-electron chi connectivity index (χ0n) is 22.6. The van der Waals surface area contributed by atoms with Gasteiger partial charge in [-0.25, -0.2) is 4.79 Å². The lowest BCUT2D eigenvalue weighted by Gasteiger charge is -2.57. The molecule has 1 aromatic carbocycles. The fourth-order valence-electron chi connectivity index (χ4n) is 5.97. The highest BCUT2D eigenvalue weighted by Crippen LogP contribution is 2.59. The Hall–Kier alpha value is -2.54. The van der Waals surface area contributed by atoms with Crippen molar-refractivity contribution in [2.24, 2.45) is 17.3 Å². The summed E-state index contributed by atoms with van der Waals surface area (Å²) in [4.78, 5) is 32.3. The number of ether oxygens (including phenoxy) is 1. The number of carbonyl (C=O) groups is 2. The van der Waals surface area contributed by atoms with Crippen LogP contribution in [-0.4, -0.2) is 86.1 Å². The molecule has 1 aromatic rings. The molecule has 2 unspecified atom stereocenters. The summed E-state index contributed by atoms with van der Waals surface area (Å²) in [6.07, 6.45) is 6.88. The molecule has 1 saturated carbocycles. The highest BCUT2D eigenvalue weighted by Gasteiger charge is 2.51. The molecule has 5 rings (SSSR count). The first-order valence-electron chi connectivity index (χ1n) is 13.7. The lowest BCUT2D eigenvalue weighted by molar-refractivity contribution is -0.0105. The first-order chi connectivity index (χ1) is 17.3. The molecule has 3 amide bonds. The molecule has 2 fully saturated rings. The Balaban J connectivity index is 1.36. The van der Waals surface area contributed by atoms with Gasteiger partial charge in [0.15, 0.2) is 0 Å². The smallest absolute Gasteiger partial charge is 0.317 e. The molecule has 2 bridgehead atoms. The lowest BCUT2D eigenvalue weighted by atomic mass is 9.49. The van der Waals surface area contributed by atoms with E-state index in [4.69, 9.17) is 4.74 Å². The Bertz CT molecular complexity index is 934. The van der Waals surface area contributed by atoms with Crippen LogP contribution in [0.5, 0.6) is 5.75 Å². The van der Waals surface area contributed by atoms with Crippen LogP contribution in [0.4, 0.5) is 4.79 Å². The molecule has 198 valence electrons. The quantitative estimate of drug-likeness (QED) is 0.388. The Morgan fingerprint density at radius 1 is 1.14 bits per heavy atom. The molecule has 0 spiro atoms. The second-order valence-corrected chi connectivity index (χ2v) is 11.2. The van der Waals surface area contributed by atoms with Crippen molar-refractivity contribution in [3.63, 3.8) is 0 Å². The maximum absolute atomic E-state index is 13.6. The number of allylic oxidation sites excluding steroid dienone is 1. The summed E-state index contributed by atoms with van der Waals surface area (Å²) in [5.74, 6) is 2.20. The van der Waals surface area contributed by atoms with Crippen LogP contribution in [0.15, 0.2) is 35.9 Å². The van der Waals surface area contributed by atoms with E-state index in [0.29, 0.717) is 30.0 Å². The number of nitrogens with zero attached hydrogens (tertiary/aromatic N) is 3. The fraction of sp³-hybridized carbons (Fsp3) is 0.655. The van der Waals surface area contributed by atoms with Gasteiger partial charge in [-0.15, -0.1) is 0 Å². The van der Waals surface area contributed by atoms with Crippen molar-refractivity contribution in [2.75, 3.05) is 59.5 Å². The summed E-state index contributed by atoms with van der Waals surface area (Å²) in [5, 5.41) is 3.02. The Labute approximate surface area is 216 Å². The monoisotopic (exact) mass is 496 g/mol. The SMILES string of the molecule is CCCCNC(=O)N1CCN(CCN(CC2=CCC3CC2C3(C)C)C(=O)c2ccc(OC)cc2)CC1. The van der Waals surface area contributed by atoms with Gasteiger partial charge in [-0.2, -0.15) is 0 Å². The van der Waals surface area contributed by atoms with Crippen LogP contribution in [0, 0.1) is 17.3 Å². The average molecular weight is 497 g/mol. The second kappa shape index (κ2) is 11.7. The van der Waals surface area contributed by atoms with Crippen LogP contribution in [0.3, 0.4) is 0 Å². The lowest BCUT2D eigenvalue weighted by Crippen LogP contribution is -2.53. The predicted octanol–water partition coefficient (Wildman–Crippen LogP) is 4.26. The van der Waals surface area contributed by atoms with Crippen LogP contribution in [0.2, 0.25) is 0 Å². The molecule has 4 aliphatic rings. The Morgan fingerprint density at radius 3 is 2.47 bits per heavy atom. The van der Waals surface area contributed by atoms with Crippen molar-refractivity contribution in [1.29, 1.82) is 0 Å². The number of piperazine rings is 1. The Morgan fingerprint density at radius 2 is 1.86 bits per heavy atom. The van der Waals surface area contributed by atoms with E-state index >= 15 is 0 Å². The van der Waals surface area contributed by atoms with Gasteiger partial charge < -0.3 is 19.9 Å². The number of amides is 3. The zero-order valence-corrected chi connectivity index (χ0v) is 22.6. The Kier molecular flexibility index (Phi) is 8.60. The van der Waals surface area contributed by atoms with Crippen LogP contribution in [-0.2, 0) is 0 Å². The van der Waals surface area contributed by atoms with E-state index in [-0.39, 0.29) is 11.9 Å². The van der Waals surface area contributed by atoms with Crippen molar-refractivity contribution < 1.29 is 14.3 Å². The van der Waals surface area contributed by atoms with Gasteiger partial charge in [-0.05, 0) is 60.8 Å². The van der Waals surface area contributed by atoms with E-state index in [1.54, 1.807) is 7.11 Å². The van der Waals surface area contributed by atoms with Gasteiger partial charge in [0.25, 0.3) is 5.91 Å². The van der Waals surface area contributed by atoms with E-state index in [1.165, 1.54) is 12.0 Å². The molecule has 0 aromatic heterocycles. The molecule has 2 atom stereocenters. The molecule has 7 nitrogen and oxygen atoms in total. The number of benzene rings is 1. The average Bonchev–Trinajstić information content (AvgIpc) is 2.91. The van der Waals surface area contributed by atoms with Gasteiger partial charge >= 0.3 is 6.03 Å².